The predicted molar refractivity (Wildman–Crippen MR) is 110 cm³/mol. The van der Waals surface area contributed by atoms with E-state index in [0.717, 1.165) is 16.7 Å². The third-order valence-electron chi connectivity index (χ3n) is 4.26. The molecule has 138 valence electrons. The van der Waals surface area contributed by atoms with Crippen LogP contribution in [-0.2, 0) is 0 Å². The average Bonchev–Trinajstić information content (AvgIpc) is 3.12. The summed E-state index contributed by atoms with van der Waals surface area (Å²) < 4.78 is 0. The predicted octanol–water partition coefficient (Wildman–Crippen LogP) is 4.71. The van der Waals surface area contributed by atoms with E-state index in [1.54, 1.807) is 12.1 Å². The minimum atomic E-state index is -0.606. The number of urea groups is 1. The van der Waals surface area contributed by atoms with Crippen LogP contribution in [0.1, 0.15) is 33.8 Å². The molecule has 3 amide bonds. The molecule has 27 heavy (non-hydrogen) atoms. The van der Waals surface area contributed by atoms with Crippen LogP contribution in [0, 0.1) is 6.92 Å². The van der Waals surface area contributed by atoms with Crippen LogP contribution >= 0.6 is 11.3 Å². The molecule has 2 aromatic carbocycles. The van der Waals surface area contributed by atoms with Crippen LogP contribution in [-0.4, -0.2) is 11.9 Å². The lowest BCUT2D eigenvalue weighted by Gasteiger charge is -2.15. The molecule has 0 aliphatic rings. The molecule has 0 saturated heterocycles. The van der Waals surface area contributed by atoms with Crippen LogP contribution in [0.15, 0.2) is 60.0 Å². The fraction of sp³-hybridized carbons (Fsp3) is 0.143. The third kappa shape index (κ3) is 4.54. The van der Waals surface area contributed by atoms with Crippen LogP contribution in [0.3, 0.4) is 0 Å². The first-order chi connectivity index (χ1) is 12.9. The highest BCUT2D eigenvalue weighted by Crippen LogP contribution is 2.29. The molecule has 1 unspecified atom stereocenters. The topological polar surface area (TPSA) is 84.2 Å². The standard InChI is InChI=1S/C21H21N3O2S/c1-13-3-5-16(6-4-13)18-11-12-27-19(18)20(25)23-14(2)15-7-9-17(10-8-15)24-21(22)26/h3-12,14H,1-2H3,(H,23,25)(H3,22,24,26). The molecule has 0 saturated carbocycles. The highest BCUT2D eigenvalue weighted by molar-refractivity contribution is 7.12. The molecule has 0 fully saturated rings. The molecule has 3 rings (SSSR count). The van der Waals surface area contributed by atoms with Gasteiger partial charge in [-0.05, 0) is 48.6 Å². The fourth-order valence-corrected chi connectivity index (χ4v) is 3.61. The Labute approximate surface area is 162 Å². The zero-order valence-electron chi connectivity index (χ0n) is 15.2. The van der Waals surface area contributed by atoms with Gasteiger partial charge in [0.2, 0.25) is 0 Å². The van der Waals surface area contributed by atoms with Crippen molar-refractivity contribution < 1.29 is 9.59 Å². The van der Waals surface area contributed by atoms with Gasteiger partial charge in [0, 0.05) is 11.3 Å². The molecule has 3 aromatic rings. The van der Waals surface area contributed by atoms with Gasteiger partial charge in [-0.25, -0.2) is 4.79 Å². The minimum Gasteiger partial charge on any atom is -0.351 e. The molecular formula is C21H21N3O2S. The van der Waals surface area contributed by atoms with Crippen molar-refractivity contribution in [2.24, 2.45) is 5.73 Å². The second-order valence-corrected chi connectivity index (χ2v) is 7.25. The molecule has 0 aliphatic carbocycles. The first kappa shape index (κ1) is 18.7. The van der Waals surface area contributed by atoms with Gasteiger partial charge in [0.05, 0.1) is 10.9 Å². The van der Waals surface area contributed by atoms with Gasteiger partial charge in [0.25, 0.3) is 5.91 Å². The second kappa shape index (κ2) is 8.05. The summed E-state index contributed by atoms with van der Waals surface area (Å²) >= 11 is 1.43. The Morgan fingerprint density at radius 3 is 2.30 bits per heavy atom. The number of amides is 3. The number of anilines is 1. The van der Waals surface area contributed by atoms with Crippen LogP contribution < -0.4 is 16.4 Å². The largest absolute Gasteiger partial charge is 0.351 e. The maximum absolute atomic E-state index is 12.8. The maximum Gasteiger partial charge on any atom is 0.316 e. The van der Waals surface area contributed by atoms with E-state index in [4.69, 9.17) is 5.73 Å². The SMILES string of the molecule is Cc1ccc(-c2ccsc2C(=O)NC(C)c2ccc(NC(N)=O)cc2)cc1. The van der Waals surface area contributed by atoms with E-state index in [0.29, 0.717) is 10.6 Å². The normalized spacial score (nSPS) is 11.6. The van der Waals surface area contributed by atoms with Crippen LogP contribution in [0.25, 0.3) is 11.1 Å². The zero-order valence-corrected chi connectivity index (χ0v) is 16.0. The number of hydrogen-bond donors (Lipinski definition) is 3. The van der Waals surface area contributed by atoms with Crippen LogP contribution in [0.2, 0.25) is 0 Å². The van der Waals surface area contributed by atoms with Crippen molar-refractivity contribution in [3.8, 4) is 11.1 Å². The van der Waals surface area contributed by atoms with Gasteiger partial charge in [-0.2, -0.15) is 0 Å². The lowest BCUT2D eigenvalue weighted by Crippen LogP contribution is -2.26. The number of thiophene rings is 1. The number of aryl methyl sites for hydroxylation is 1. The highest BCUT2D eigenvalue weighted by atomic mass is 32.1. The van der Waals surface area contributed by atoms with Crippen molar-refractivity contribution in [1.29, 1.82) is 0 Å². The molecule has 6 heteroatoms. The van der Waals surface area contributed by atoms with Crippen molar-refractivity contribution in [2.75, 3.05) is 5.32 Å². The molecule has 4 N–H and O–H groups in total. The van der Waals surface area contributed by atoms with Gasteiger partial charge in [0.15, 0.2) is 0 Å². The molecule has 5 nitrogen and oxygen atoms in total. The van der Waals surface area contributed by atoms with Crippen molar-refractivity contribution in [1.82, 2.24) is 5.32 Å². The molecule has 0 radical (unpaired) electrons. The van der Waals surface area contributed by atoms with Crippen molar-refractivity contribution in [2.45, 2.75) is 19.9 Å². The van der Waals surface area contributed by atoms with E-state index in [1.807, 2.05) is 61.7 Å². The summed E-state index contributed by atoms with van der Waals surface area (Å²) in [5.41, 5.74) is 9.81. The van der Waals surface area contributed by atoms with E-state index < -0.39 is 6.03 Å². The summed E-state index contributed by atoms with van der Waals surface area (Å²) in [5, 5.41) is 7.49. The average molecular weight is 379 g/mol. The quantitative estimate of drug-likeness (QED) is 0.600. The van der Waals surface area contributed by atoms with E-state index in [1.165, 1.54) is 16.9 Å². The number of nitrogens with two attached hydrogens (primary N) is 1. The summed E-state index contributed by atoms with van der Waals surface area (Å²) in [5.74, 6) is -0.104. The number of nitrogens with one attached hydrogen (secondary N) is 2. The summed E-state index contributed by atoms with van der Waals surface area (Å²) in [4.78, 5) is 24.4. The van der Waals surface area contributed by atoms with E-state index in [2.05, 4.69) is 10.6 Å². The number of rotatable bonds is 5. The van der Waals surface area contributed by atoms with Crippen molar-refractivity contribution in [3.05, 3.63) is 76.0 Å². The molecular weight excluding hydrogens is 358 g/mol. The van der Waals surface area contributed by atoms with Gasteiger partial charge in [-0.15, -0.1) is 11.3 Å². The Morgan fingerprint density at radius 2 is 1.67 bits per heavy atom. The van der Waals surface area contributed by atoms with Crippen molar-refractivity contribution >= 4 is 29.0 Å². The summed E-state index contributed by atoms with van der Waals surface area (Å²) in [6.07, 6.45) is 0. The van der Waals surface area contributed by atoms with E-state index in [9.17, 15) is 9.59 Å². The molecule has 1 aromatic heterocycles. The van der Waals surface area contributed by atoms with Crippen LogP contribution in [0.4, 0.5) is 10.5 Å². The summed E-state index contributed by atoms with van der Waals surface area (Å²) in [6.45, 7) is 3.96. The molecule has 0 spiro atoms. The number of carbonyl (C=O) groups is 2. The lowest BCUT2D eigenvalue weighted by molar-refractivity contribution is 0.0944. The molecule has 0 aliphatic heterocycles. The summed E-state index contributed by atoms with van der Waals surface area (Å²) in [7, 11) is 0. The van der Waals surface area contributed by atoms with Gasteiger partial charge in [0.1, 0.15) is 0 Å². The van der Waals surface area contributed by atoms with Gasteiger partial charge in [-0.1, -0.05) is 42.0 Å². The van der Waals surface area contributed by atoms with E-state index in [-0.39, 0.29) is 11.9 Å². The smallest absolute Gasteiger partial charge is 0.316 e. The first-order valence-electron chi connectivity index (χ1n) is 8.56. The Kier molecular flexibility index (Phi) is 5.57. The Balaban J connectivity index is 1.73. The third-order valence-corrected chi connectivity index (χ3v) is 5.17. The van der Waals surface area contributed by atoms with Gasteiger partial charge < -0.3 is 16.4 Å². The monoisotopic (exact) mass is 379 g/mol. The number of carbonyl (C=O) groups excluding carboxylic acids is 2. The highest BCUT2D eigenvalue weighted by Gasteiger charge is 2.17. The number of hydrogen-bond acceptors (Lipinski definition) is 3. The van der Waals surface area contributed by atoms with Crippen LogP contribution in [0.5, 0.6) is 0 Å². The van der Waals surface area contributed by atoms with E-state index >= 15 is 0 Å². The van der Waals surface area contributed by atoms with Crippen molar-refractivity contribution in [3.63, 3.8) is 0 Å². The summed E-state index contributed by atoms with van der Waals surface area (Å²) in [6, 6.07) is 16.5. The Bertz CT molecular complexity index is 946. The number of primary amides is 1. The maximum atomic E-state index is 12.8. The molecule has 0 bridgehead atoms. The molecule has 1 heterocycles. The number of benzene rings is 2. The Morgan fingerprint density at radius 1 is 1.00 bits per heavy atom. The van der Waals surface area contributed by atoms with Gasteiger partial charge >= 0.3 is 6.03 Å². The zero-order chi connectivity index (χ0) is 19.4. The fourth-order valence-electron chi connectivity index (χ4n) is 2.79. The second-order valence-electron chi connectivity index (χ2n) is 6.34. The first-order valence-corrected chi connectivity index (χ1v) is 9.44. The Hall–Kier alpha value is -3.12. The molecule has 1 atom stereocenters. The lowest BCUT2D eigenvalue weighted by atomic mass is 10.0. The van der Waals surface area contributed by atoms with Gasteiger partial charge in [-0.3, -0.25) is 4.79 Å². The minimum absolute atomic E-state index is 0.104.